The minimum atomic E-state index is -0.572. The Labute approximate surface area is 168 Å². The quantitative estimate of drug-likeness (QED) is 0.596. The largest absolute Gasteiger partial charge is 0.442 e. The van der Waals surface area contributed by atoms with E-state index < -0.39 is 18.0 Å². The van der Waals surface area contributed by atoms with Gasteiger partial charge < -0.3 is 15.0 Å². The molecule has 1 saturated heterocycles. The molecule has 2 aromatic rings. The maximum Gasteiger partial charge on any atom is 0.414 e. The van der Waals surface area contributed by atoms with Crippen LogP contribution < -0.4 is 10.2 Å². The zero-order valence-electron chi connectivity index (χ0n) is 16.4. The fraction of sp³-hybridized carbons (Fsp3) is 0.300. The molecule has 0 spiro atoms. The minimum Gasteiger partial charge on any atom is -0.442 e. The standard InChI is InChI=1S/C20H22FN5O3/c1-13(27)22-10-16-11-26(20(28)29-16)15-5-6-17(18(21)8-15)14-4-7-19(23-9-14)24-12-25(2)3/h4-9,12,16H,10-11H2,1-3H3,(H,22,27)/t16-/m0/s1. The van der Waals surface area contributed by atoms with Crippen LogP contribution in [0.15, 0.2) is 41.5 Å². The van der Waals surface area contributed by atoms with E-state index in [-0.39, 0.29) is 19.0 Å². The van der Waals surface area contributed by atoms with E-state index >= 15 is 0 Å². The van der Waals surface area contributed by atoms with Crippen molar-refractivity contribution in [3.63, 3.8) is 0 Å². The number of halogens is 1. The van der Waals surface area contributed by atoms with E-state index in [1.807, 2.05) is 14.1 Å². The van der Waals surface area contributed by atoms with Crippen molar-refractivity contribution in [1.82, 2.24) is 15.2 Å². The molecule has 3 rings (SSSR count). The van der Waals surface area contributed by atoms with Crippen molar-refractivity contribution >= 4 is 29.8 Å². The van der Waals surface area contributed by atoms with Crippen molar-refractivity contribution < 1.29 is 18.7 Å². The Bertz CT molecular complexity index is 930. The van der Waals surface area contributed by atoms with Crippen LogP contribution in [0.25, 0.3) is 11.1 Å². The van der Waals surface area contributed by atoms with Gasteiger partial charge in [-0.1, -0.05) is 0 Å². The topological polar surface area (TPSA) is 87.1 Å². The van der Waals surface area contributed by atoms with Crippen LogP contribution in [0, 0.1) is 5.82 Å². The van der Waals surface area contributed by atoms with Gasteiger partial charge in [0.1, 0.15) is 11.9 Å². The lowest BCUT2D eigenvalue weighted by Gasteiger charge is -2.14. The van der Waals surface area contributed by atoms with Gasteiger partial charge in [-0.25, -0.2) is 19.2 Å². The lowest BCUT2D eigenvalue weighted by Crippen LogP contribution is -2.33. The normalized spacial score (nSPS) is 16.2. The van der Waals surface area contributed by atoms with Gasteiger partial charge in [0, 0.05) is 38.3 Å². The molecule has 1 aliphatic rings. The number of carbonyl (C=O) groups excluding carboxylic acids is 2. The highest BCUT2D eigenvalue weighted by Crippen LogP contribution is 2.29. The van der Waals surface area contributed by atoms with E-state index in [0.717, 1.165) is 0 Å². The second kappa shape index (κ2) is 8.68. The summed E-state index contributed by atoms with van der Waals surface area (Å²) in [7, 11) is 3.71. The lowest BCUT2D eigenvalue weighted by atomic mass is 10.1. The average molecular weight is 399 g/mol. The number of nitrogens with zero attached hydrogens (tertiary/aromatic N) is 4. The Morgan fingerprint density at radius 2 is 2.21 bits per heavy atom. The van der Waals surface area contributed by atoms with Crippen molar-refractivity contribution in [2.75, 3.05) is 32.1 Å². The lowest BCUT2D eigenvalue weighted by molar-refractivity contribution is -0.119. The van der Waals surface area contributed by atoms with Crippen molar-refractivity contribution in [2.24, 2.45) is 4.99 Å². The molecule has 2 amide bonds. The fourth-order valence-corrected chi connectivity index (χ4v) is 2.80. The molecular formula is C20H22FN5O3. The van der Waals surface area contributed by atoms with E-state index in [9.17, 15) is 14.0 Å². The molecule has 1 atom stereocenters. The Morgan fingerprint density at radius 3 is 2.83 bits per heavy atom. The number of hydrogen-bond donors (Lipinski definition) is 1. The highest BCUT2D eigenvalue weighted by atomic mass is 19.1. The molecule has 1 aromatic heterocycles. The Balaban J connectivity index is 1.73. The molecule has 0 aliphatic carbocycles. The van der Waals surface area contributed by atoms with Gasteiger partial charge in [0.2, 0.25) is 5.91 Å². The SMILES string of the molecule is CC(=O)NC[C@H]1CN(c2ccc(-c3ccc(N=CN(C)C)nc3)c(F)c2)C(=O)O1. The first kappa shape index (κ1) is 20.2. The summed E-state index contributed by atoms with van der Waals surface area (Å²) in [6.45, 7) is 1.84. The van der Waals surface area contributed by atoms with Gasteiger partial charge in [0.05, 0.1) is 25.1 Å². The van der Waals surface area contributed by atoms with Gasteiger partial charge in [-0.3, -0.25) is 9.69 Å². The molecule has 8 nitrogen and oxygen atoms in total. The number of rotatable bonds is 6. The number of cyclic esters (lactones) is 1. The molecule has 1 aliphatic heterocycles. The number of aromatic nitrogens is 1. The van der Waals surface area contributed by atoms with Crippen LogP contribution in [-0.4, -0.2) is 61.5 Å². The summed E-state index contributed by atoms with van der Waals surface area (Å²) in [5.41, 5.74) is 1.36. The molecule has 152 valence electrons. The number of hydrogen-bond acceptors (Lipinski definition) is 5. The number of amides is 2. The van der Waals surface area contributed by atoms with E-state index in [4.69, 9.17) is 4.74 Å². The first-order valence-electron chi connectivity index (χ1n) is 9.02. The summed E-state index contributed by atoms with van der Waals surface area (Å²) >= 11 is 0. The predicted octanol–water partition coefficient (Wildman–Crippen LogP) is 2.57. The van der Waals surface area contributed by atoms with Crippen LogP contribution in [0.5, 0.6) is 0 Å². The van der Waals surface area contributed by atoms with E-state index in [1.54, 1.807) is 41.7 Å². The Hall–Kier alpha value is -3.49. The average Bonchev–Trinajstić information content (AvgIpc) is 3.06. The number of carbonyl (C=O) groups is 2. The monoisotopic (exact) mass is 399 g/mol. The van der Waals surface area contributed by atoms with Crippen LogP contribution in [-0.2, 0) is 9.53 Å². The number of ether oxygens (including phenoxy) is 1. The maximum absolute atomic E-state index is 14.7. The number of pyridine rings is 1. The van der Waals surface area contributed by atoms with Gasteiger partial charge in [-0.05, 0) is 30.3 Å². The molecule has 29 heavy (non-hydrogen) atoms. The molecular weight excluding hydrogens is 377 g/mol. The van der Waals surface area contributed by atoms with Crippen molar-refractivity contribution in [2.45, 2.75) is 13.0 Å². The van der Waals surface area contributed by atoms with E-state index in [0.29, 0.717) is 22.6 Å². The van der Waals surface area contributed by atoms with Gasteiger partial charge in [-0.15, -0.1) is 0 Å². The van der Waals surface area contributed by atoms with Gasteiger partial charge in [-0.2, -0.15) is 0 Å². The van der Waals surface area contributed by atoms with Crippen molar-refractivity contribution in [3.05, 3.63) is 42.3 Å². The Kier molecular flexibility index (Phi) is 6.06. The van der Waals surface area contributed by atoms with Crippen LogP contribution in [0.2, 0.25) is 0 Å². The van der Waals surface area contributed by atoms with Gasteiger partial charge >= 0.3 is 6.09 Å². The van der Waals surface area contributed by atoms with Crippen molar-refractivity contribution in [3.8, 4) is 11.1 Å². The molecule has 1 N–H and O–H groups in total. The van der Waals surface area contributed by atoms with Gasteiger partial charge in [0.25, 0.3) is 0 Å². The summed E-state index contributed by atoms with van der Waals surface area (Å²) in [5, 5.41) is 2.61. The molecule has 0 bridgehead atoms. The minimum absolute atomic E-state index is 0.207. The highest BCUT2D eigenvalue weighted by Gasteiger charge is 2.32. The number of nitrogens with one attached hydrogen (secondary N) is 1. The summed E-state index contributed by atoms with van der Waals surface area (Å²) in [6.07, 6.45) is 2.13. The summed E-state index contributed by atoms with van der Waals surface area (Å²) in [5.74, 6) is -0.168. The molecule has 0 radical (unpaired) electrons. The fourth-order valence-electron chi connectivity index (χ4n) is 2.80. The molecule has 0 unspecified atom stereocenters. The second-order valence-corrected chi connectivity index (χ2v) is 6.83. The maximum atomic E-state index is 14.7. The molecule has 1 fully saturated rings. The van der Waals surface area contributed by atoms with Crippen LogP contribution in [0.1, 0.15) is 6.92 Å². The first-order valence-corrected chi connectivity index (χ1v) is 9.02. The predicted molar refractivity (Wildman–Crippen MR) is 108 cm³/mol. The second-order valence-electron chi connectivity index (χ2n) is 6.83. The van der Waals surface area contributed by atoms with Crippen molar-refractivity contribution in [1.29, 1.82) is 0 Å². The number of aliphatic imine (C=N–C) groups is 1. The van der Waals surface area contributed by atoms with E-state index in [1.165, 1.54) is 17.9 Å². The molecule has 2 heterocycles. The molecule has 9 heteroatoms. The first-order chi connectivity index (χ1) is 13.8. The Morgan fingerprint density at radius 1 is 1.41 bits per heavy atom. The number of anilines is 1. The third-order valence-corrected chi connectivity index (χ3v) is 4.20. The van der Waals surface area contributed by atoms with Gasteiger partial charge in [0.15, 0.2) is 5.82 Å². The zero-order valence-corrected chi connectivity index (χ0v) is 16.4. The third-order valence-electron chi connectivity index (χ3n) is 4.20. The smallest absolute Gasteiger partial charge is 0.414 e. The summed E-state index contributed by atoms with van der Waals surface area (Å²) in [6, 6.07) is 7.97. The third kappa shape index (κ3) is 5.07. The molecule has 0 saturated carbocycles. The zero-order chi connectivity index (χ0) is 21.0. The summed E-state index contributed by atoms with van der Waals surface area (Å²) in [4.78, 5) is 34.6. The summed E-state index contributed by atoms with van der Waals surface area (Å²) < 4.78 is 19.9. The number of benzene rings is 1. The van der Waals surface area contributed by atoms with Crippen LogP contribution in [0.4, 0.5) is 20.7 Å². The molecule has 1 aromatic carbocycles. The van der Waals surface area contributed by atoms with E-state index in [2.05, 4.69) is 15.3 Å². The highest BCUT2D eigenvalue weighted by molar-refractivity contribution is 5.90. The van der Waals surface area contributed by atoms with Crippen LogP contribution >= 0.6 is 0 Å². The van der Waals surface area contributed by atoms with Crippen LogP contribution in [0.3, 0.4) is 0 Å².